The summed E-state index contributed by atoms with van der Waals surface area (Å²) in [5.41, 5.74) is 7.99. The highest BCUT2D eigenvalue weighted by atomic mass is 16.4. The smallest absolute Gasteiger partial charge is 0.170 e. The number of rotatable bonds is 5. The molecule has 0 unspecified atom stereocenters. The molecule has 21 heavy (non-hydrogen) atoms. The molecule has 0 heterocycles. The molecular weight excluding hydrogens is 266 g/mol. The van der Waals surface area contributed by atoms with E-state index in [9.17, 15) is 5.11 Å². The van der Waals surface area contributed by atoms with Gasteiger partial charge in [0.15, 0.2) is 5.84 Å². The maximum Gasteiger partial charge on any atom is 0.170 e. The van der Waals surface area contributed by atoms with Crippen LogP contribution in [0.5, 0.6) is 0 Å². The average Bonchev–Trinajstić information content (AvgIpc) is 2.48. The summed E-state index contributed by atoms with van der Waals surface area (Å²) in [7, 11) is 0. The molecule has 0 aromatic heterocycles. The fraction of sp³-hybridized carbons (Fsp3) is 0.562. The fourth-order valence-electron chi connectivity index (χ4n) is 2.93. The summed E-state index contributed by atoms with van der Waals surface area (Å²) in [6, 6.07) is 5.72. The van der Waals surface area contributed by atoms with Crippen molar-refractivity contribution in [1.82, 2.24) is 5.32 Å². The summed E-state index contributed by atoms with van der Waals surface area (Å²) < 4.78 is 0. The molecule has 0 spiro atoms. The molecule has 0 amide bonds. The Kier molecular flexibility index (Phi) is 5.20. The molecule has 5 N–H and O–H groups in total. The number of nitrogens with two attached hydrogens (primary N) is 1. The van der Waals surface area contributed by atoms with Crippen LogP contribution in [-0.4, -0.2) is 28.3 Å². The third-order valence-electron chi connectivity index (χ3n) is 4.30. The molecule has 0 atom stereocenters. The first-order valence-corrected chi connectivity index (χ1v) is 7.55. The lowest BCUT2D eigenvalue weighted by molar-refractivity contribution is 0.00466. The van der Waals surface area contributed by atoms with Gasteiger partial charge in [-0.1, -0.05) is 36.6 Å². The third-order valence-corrected chi connectivity index (χ3v) is 4.30. The summed E-state index contributed by atoms with van der Waals surface area (Å²) in [6.07, 6.45) is 5.25. The summed E-state index contributed by atoms with van der Waals surface area (Å²) in [5, 5.41) is 25.5. The van der Waals surface area contributed by atoms with Gasteiger partial charge in [-0.3, -0.25) is 0 Å². The van der Waals surface area contributed by atoms with E-state index < -0.39 is 5.60 Å². The first-order valence-electron chi connectivity index (χ1n) is 7.55. The van der Waals surface area contributed by atoms with Crippen molar-refractivity contribution in [2.24, 2.45) is 10.9 Å². The van der Waals surface area contributed by atoms with Gasteiger partial charge < -0.3 is 21.4 Å². The quantitative estimate of drug-likeness (QED) is 0.288. The van der Waals surface area contributed by atoms with E-state index in [-0.39, 0.29) is 5.84 Å². The Morgan fingerprint density at radius 2 is 2.05 bits per heavy atom. The van der Waals surface area contributed by atoms with Crippen LogP contribution in [0.25, 0.3) is 0 Å². The Bertz CT molecular complexity index is 508. The van der Waals surface area contributed by atoms with Gasteiger partial charge in [-0.15, -0.1) is 0 Å². The van der Waals surface area contributed by atoms with Crippen molar-refractivity contribution in [3.8, 4) is 0 Å². The number of nitrogens with one attached hydrogen (secondary N) is 1. The number of benzene rings is 1. The Morgan fingerprint density at radius 3 is 2.67 bits per heavy atom. The van der Waals surface area contributed by atoms with Crippen molar-refractivity contribution < 1.29 is 10.3 Å². The van der Waals surface area contributed by atoms with Crippen LogP contribution in [0, 0.1) is 6.92 Å². The molecule has 0 aliphatic heterocycles. The Balaban J connectivity index is 1.91. The van der Waals surface area contributed by atoms with Crippen LogP contribution in [0.3, 0.4) is 0 Å². The topological polar surface area (TPSA) is 90.9 Å². The van der Waals surface area contributed by atoms with Gasteiger partial charge in [0.25, 0.3) is 0 Å². The molecule has 1 aliphatic rings. The van der Waals surface area contributed by atoms with Gasteiger partial charge in [0.2, 0.25) is 0 Å². The standard InChI is InChI=1S/C16H25N3O2/c1-12-9-13(15(17)19-21)5-6-14(12)10-18-11-16(20)7-3-2-4-8-16/h5-6,9,18,20-21H,2-4,7-8,10-11H2,1H3,(H2,17,19). The zero-order valence-corrected chi connectivity index (χ0v) is 12.6. The molecule has 5 heteroatoms. The zero-order valence-electron chi connectivity index (χ0n) is 12.6. The van der Waals surface area contributed by atoms with E-state index in [1.807, 2.05) is 25.1 Å². The van der Waals surface area contributed by atoms with Gasteiger partial charge >= 0.3 is 0 Å². The number of aryl methyl sites for hydroxylation is 1. The lowest BCUT2D eigenvalue weighted by Gasteiger charge is -2.32. The molecule has 0 saturated heterocycles. The van der Waals surface area contributed by atoms with Crippen molar-refractivity contribution in [3.05, 3.63) is 34.9 Å². The second kappa shape index (κ2) is 6.91. The van der Waals surface area contributed by atoms with Gasteiger partial charge in [0.05, 0.1) is 5.60 Å². The number of hydrogen-bond donors (Lipinski definition) is 4. The highest BCUT2D eigenvalue weighted by Crippen LogP contribution is 2.27. The van der Waals surface area contributed by atoms with Gasteiger partial charge in [-0.05, 0) is 37.0 Å². The highest BCUT2D eigenvalue weighted by molar-refractivity contribution is 5.97. The number of oxime groups is 1. The minimum atomic E-state index is -0.542. The molecule has 1 aliphatic carbocycles. The molecule has 2 rings (SSSR count). The molecule has 0 bridgehead atoms. The largest absolute Gasteiger partial charge is 0.409 e. The van der Waals surface area contributed by atoms with Crippen molar-refractivity contribution in [2.45, 2.75) is 51.2 Å². The van der Waals surface area contributed by atoms with E-state index in [0.717, 1.165) is 36.8 Å². The number of amidine groups is 1. The van der Waals surface area contributed by atoms with Crippen LogP contribution in [0.4, 0.5) is 0 Å². The SMILES string of the molecule is Cc1cc(/C(N)=N/O)ccc1CNCC1(O)CCCCC1. The van der Waals surface area contributed by atoms with Crippen LogP contribution >= 0.6 is 0 Å². The van der Waals surface area contributed by atoms with E-state index in [2.05, 4.69) is 10.5 Å². The Hall–Kier alpha value is -1.59. The van der Waals surface area contributed by atoms with Crippen LogP contribution in [0.2, 0.25) is 0 Å². The minimum Gasteiger partial charge on any atom is -0.409 e. The third kappa shape index (κ3) is 4.19. The van der Waals surface area contributed by atoms with E-state index in [1.165, 1.54) is 6.42 Å². The maximum atomic E-state index is 10.4. The van der Waals surface area contributed by atoms with E-state index in [0.29, 0.717) is 18.7 Å². The monoisotopic (exact) mass is 291 g/mol. The fourth-order valence-corrected chi connectivity index (χ4v) is 2.93. The molecule has 1 saturated carbocycles. The maximum absolute atomic E-state index is 10.4. The summed E-state index contributed by atoms with van der Waals surface area (Å²) in [6.45, 7) is 3.35. The van der Waals surface area contributed by atoms with Gasteiger partial charge in [-0.25, -0.2) is 0 Å². The van der Waals surface area contributed by atoms with E-state index in [4.69, 9.17) is 10.9 Å². The first-order chi connectivity index (χ1) is 10.0. The zero-order chi connectivity index (χ0) is 15.3. The van der Waals surface area contributed by atoms with Crippen molar-refractivity contribution in [3.63, 3.8) is 0 Å². The summed E-state index contributed by atoms with van der Waals surface area (Å²) in [5.74, 6) is 0.120. The molecule has 0 radical (unpaired) electrons. The molecule has 116 valence electrons. The molecular formula is C16H25N3O2. The second-order valence-corrected chi connectivity index (χ2v) is 6.02. The van der Waals surface area contributed by atoms with Crippen LogP contribution in [0.15, 0.2) is 23.4 Å². The average molecular weight is 291 g/mol. The van der Waals surface area contributed by atoms with E-state index >= 15 is 0 Å². The minimum absolute atomic E-state index is 0.120. The summed E-state index contributed by atoms with van der Waals surface area (Å²) >= 11 is 0. The van der Waals surface area contributed by atoms with Gasteiger partial charge in [0, 0.05) is 18.7 Å². The number of hydrogen-bond acceptors (Lipinski definition) is 4. The van der Waals surface area contributed by atoms with Crippen molar-refractivity contribution >= 4 is 5.84 Å². The Morgan fingerprint density at radius 1 is 1.33 bits per heavy atom. The molecule has 5 nitrogen and oxygen atoms in total. The van der Waals surface area contributed by atoms with Crippen LogP contribution in [-0.2, 0) is 6.54 Å². The van der Waals surface area contributed by atoms with E-state index in [1.54, 1.807) is 0 Å². The first kappa shape index (κ1) is 15.8. The van der Waals surface area contributed by atoms with Crippen molar-refractivity contribution in [2.75, 3.05) is 6.54 Å². The number of nitrogens with zero attached hydrogens (tertiary/aromatic N) is 1. The Labute approximate surface area is 125 Å². The second-order valence-electron chi connectivity index (χ2n) is 6.02. The lowest BCUT2D eigenvalue weighted by Crippen LogP contribution is -2.41. The molecule has 1 fully saturated rings. The van der Waals surface area contributed by atoms with Crippen LogP contribution in [0.1, 0.15) is 48.8 Å². The van der Waals surface area contributed by atoms with Crippen LogP contribution < -0.4 is 11.1 Å². The highest BCUT2D eigenvalue weighted by Gasteiger charge is 2.28. The lowest BCUT2D eigenvalue weighted by atomic mass is 9.85. The molecule has 1 aromatic rings. The predicted octanol–water partition coefficient (Wildman–Crippen LogP) is 1.87. The van der Waals surface area contributed by atoms with Crippen molar-refractivity contribution in [1.29, 1.82) is 0 Å². The normalized spacial score (nSPS) is 18.7. The van der Waals surface area contributed by atoms with Gasteiger partial charge in [-0.2, -0.15) is 0 Å². The molecule has 1 aromatic carbocycles. The van der Waals surface area contributed by atoms with Gasteiger partial charge in [0.1, 0.15) is 0 Å². The number of aliphatic hydroxyl groups is 1. The summed E-state index contributed by atoms with van der Waals surface area (Å²) in [4.78, 5) is 0. The predicted molar refractivity (Wildman–Crippen MR) is 83.4 cm³/mol.